The number of aromatic nitrogens is 1. The van der Waals surface area contributed by atoms with Gasteiger partial charge in [-0.25, -0.2) is 0 Å². The topological polar surface area (TPSA) is 24.9 Å². The first kappa shape index (κ1) is 9.37. The maximum atomic E-state index is 5.94. The molecule has 2 atom stereocenters. The smallest absolute Gasteiger partial charge is 0.0595 e. The van der Waals surface area contributed by atoms with Crippen molar-refractivity contribution in [2.45, 2.75) is 6.42 Å². The van der Waals surface area contributed by atoms with Gasteiger partial charge in [0.15, 0.2) is 0 Å². The van der Waals surface area contributed by atoms with Gasteiger partial charge < -0.3 is 5.32 Å². The van der Waals surface area contributed by atoms with Crippen LogP contribution in [0.2, 0.25) is 5.02 Å². The quantitative estimate of drug-likeness (QED) is 0.786. The number of fused-ring (bicyclic) bond motifs is 1. The van der Waals surface area contributed by atoms with Crippen molar-refractivity contribution in [1.82, 2.24) is 10.3 Å². The molecule has 0 aromatic carbocycles. The van der Waals surface area contributed by atoms with E-state index in [1.807, 2.05) is 12.3 Å². The molecule has 1 fully saturated rings. The van der Waals surface area contributed by atoms with Crippen molar-refractivity contribution in [3.63, 3.8) is 0 Å². The molecule has 2 nitrogen and oxygen atoms in total. The number of rotatable bonds is 1. The zero-order chi connectivity index (χ0) is 10.3. The van der Waals surface area contributed by atoms with Gasteiger partial charge in [-0.1, -0.05) is 17.7 Å². The van der Waals surface area contributed by atoms with Crippen LogP contribution in [0.1, 0.15) is 12.0 Å². The predicted molar refractivity (Wildman–Crippen MR) is 61.7 cm³/mol. The average Bonchev–Trinajstić information content (AvgIpc) is 2.76. The molecular weight excluding hydrogens is 208 g/mol. The van der Waals surface area contributed by atoms with Crippen molar-refractivity contribution < 1.29 is 0 Å². The number of pyridine rings is 1. The molecule has 2 aliphatic rings. The summed E-state index contributed by atoms with van der Waals surface area (Å²) >= 11 is 5.94. The molecule has 0 bridgehead atoms. The zero-order valence-electron chi connectivity index (χ0n) is 8.41. The van der Waals surface area contributed by atoms with Gasteiger partial charge in [0.25, 0.3) is 0 Å². The molecule has 2 heterocycles. The number of nitrogens with one attached hydrogen (secondary N) is 1. The molecule has 1 saturated heterocycles. The first-order valence-electron chi connectivity index (χ1n) is 5.35. The maximum Gasteiger partial charge on any atom is 0.0595 e. The van der Waals surface area contributed by atoms with E-state index in [2.05, 4.69) is 16.4 Å². The van der Waals surface area contributed by atoms with Crippen molar-refractivity contribution in [1.29, 1.82) is 0 Å². The van der Waals surface area contributed by atoms with Gasteiger partial charge in [0, 0.05) is 18.9 Å². The summed E-state index contributed by atoms with van der Waals surface area (Å²) in [5.41, 5.74) is 2.61. The molecule has 1 aromatic rings. The molecule has 1 N–H and O–H groups in total. The van der Waals surface area contributed by atoms with E-state index in [-0.39, 0.29) is 0 Å². The number of hydrogen-bond acceptors (Lipinski definition) is 2. The monoisotopic (exact) mass is 220 g/mol. The van der Waals surface area contributed by atoms with E-state index >= 15 is 0 Å². The molecule has 1 aliphatic carbocycles. The molecule has 78 valence electrons. The minimum Gasteiger partial charge on any atom is -0.316 e. The van der Waals surface area contributed by atoms with E-state index in [0.717, 1.165) is 29.9 Å². The molecule has 3 heteroatoms. The summed E-state index contributed by atoms with van der Waals surface area (Å²) in [6.45, 7) is 2.28. The number of allylic oxidation sites excluding steroid dienone is 1. The largest absolute Gasteiger partial charge is 0.316 e. The van der Waals surface area contributed by atoms with Gasteiger partial charge in [-0.2, -0.15) is 0 Å². The second-order valence-corrected chi connectivity index (χ2v) is 4.81. The third-order valence-corrected chi connectivity index (χ3v) is 3.57. The summed E-state index contributed by atoms with van der Waals surface area (Å²) in [5.74, 6) is 1.51. The van der Waals surface area contributed by atoms with Crippen molar-refractivity contribution in [3.05, 3.63) is 35.1 Å². The lowest BCUT2D eigenvalue weighted by atomic mass is 9.99. The number of halogens is 1. The van der Waals surface area contributed by atoms with Gasteiger partial charge in [0.05, 0.1) is 5.02 Å². The Morgan fingerprint density at radius 3 is 3.07 bits per heavy atom. The summed E-state index contributed by atoms with van der Waals surface area (Å²) in [5, 5.41) is 4.15. The molecule has 0 saturated carbocycles. The van der Waals surface area contributed by atoms with Crippen LogP contribution in [-0.2, 0) is 0 Å². The van der Waals surface area contributed by atoms with E-state index in [0.29, 0.717) is 0 Å². The zero-order valence-corrected chi connectivity index (χ0v) is 9.17. The molecule has 0 amide bonds. The fourth-order valence-electron chi connectivity index (χ4n) is 2.58. The average molecular weight is 221 g/mol. The molecule has 1 aliphatic heterocycles. The molecule has 1 aromatic heterocycles. The highest BCUT2D eigenvalue weighted by molar-refractivity contribution is 6.30. The normalized spacial score (nSPS) is 29.0. The lowest BCUT2D eigenvalue weighted by molar-refractivity contribution is 0.536. The Balaban J connectivity index is 1.90. The Labute approximate surface area is 94.4 Å². The summed E-state index contributed by atoms with van der Waals surface area (Å²) in [7, 11) is 0. The molecule has 0 radical (unpaired) electrons. The fourth-order valence-corrected chi connectivity index (χ4v) is 2.76. The molecule has 0 spiro atoms. The van der Waals surface area contributed by atoms with Crippen LogP contribution in [0, 0.1) is 11.8 Å². The highest BCUT2D eigenvalue weighted by atomic mass is 35.5. The van der Waals surface area contributed by atoms with Crippen molar-refractivity contribution in [2.24, 2.45) is 11.8 Å². The van der Waals surface area contributed by atoms with E-state index < -0.39 is 0 Å². The van der Waals surface area contributed by atoms with Gasteiger partial charge in [0.2, 0.25) is 0 Å². The summed E-state index contributed by atoms with van der Waals surface area (Å²) < 4.78 is 0. The van der Waals surface area contributed by atoms with Gasteiger partial charge in [-0.3, -0.25) is 4.98 Å². The first-order chi connectivity index (χ1) is 7.33. The Bertz CT molecular complexity index is 414. The summed E-state index contributed by atoms with van der Waals surface area (Å²) in [4.78, 5) is 4.13. The highest BCUT2D eigenvalue weighted by Crippen LogP contribution is 2.38. The minimum absolute atomic E-state index is 0.721. The molecular formula is C12H13ClN2. The second-order valence-electron chi connectivity index (χ2n) is 4.37. The summed E-state index contributed by atoms with van der Waals surface area (Å²) in [6, 6.07) is 2.01. The van der Waals surface area contributed by atoms with Crippen LogP contribution in [0.15, 0.2) is 24.5 Å². The molecule has 0 unspecified atom stereocenters. The minimum atomic E-state index is 0.721. The van der Waals surface area contributed by atoms with Crippen LogP contribution in [0.25, 0.3) is 5.57 Å². The van der Waals surface area contributed by atoms with Gasteiger partial charge >= 0.3 is 0 Å². The highest BCUT2D eigenvalue weighted by Gasteiger charge is 2.31. The Morgan fingerprint density at radius 1 is 1.33 bits per heavy atom. The third-order valence-electron chi connectivity index (χ3n) is 3.37. The molecule has 15 heavy (non-hydrogen) atoms. The van der Waals surface area contributed by atoms with E-state index in [9.17, 15) is 0 Å². The Morgan fingerprint density at radius 2 is 2.27 bits per heavy atom. The second kappa shape index (κ2) is 3.62. The van der Waals surface area contributed by atoms with E-state index in [4.69, 9.17) is 11.6 Å². The van der Waals surface area contributed by atoms with Crippen LogP contribution >= 0.6 is 11.6 Å². The van der Waals surface area contributed by atoms with Crippen LogP contribution in [0.5, 0.6) is 0 Å². The maximum absolute atomic E-state index is 5.94. The molecule has 3 rings (SSSR count). The van der Waals surface area contributed by atoms with E-state index in [1.54, 1.807) is 6.20 Å². The van der Waals surface area contributed by atoms with Crippen LogP contribution in [0.4, 0.5) is 0 Å². The van der Waals surface area contributed by atoms with Crippen molar-refractivity contribution in [2.75, 3.05) is 13.1 Å². The van der Waals surface area contributed by atoms with Gasteiger partial charge in [-0.15, -0.1) is 0 Å². The lowest BCUT2D eigenvalue weighted by Gasteiger charge is -2.06. The fraction of sp³-hybridized carbons (Fsp3) is 0.417. The van der Waals surface area contributed by atoms with Crippen LogP contribution < -0.4 is 5.32 Å². The van der Waals surface area contributed by atoms with Gasteiger partial charge in [-0.05, 0) is 42.0 Å². The van der Waals surface area contributed by atoms with Gasteiger partial charge in [0.1, 0.15) is 0 Å². The number of hydrogen-bond donors (Lipinski definition) is 1. The van der Waals surface area contributed by atoms with E-state index in [1.165, 1.54) is 17.6 Å². The SMILES string of the molecule is Clc1cncc(C2=C[C@@H]3CNC[C@@H]3C2)c1. The standard InChI is InChI=1S/C12H13ClN2/c13-12-3-11(6-15-7-12)8-1-9-4-14-5-10(9)2-8/h1,3,6-7,9-10,14H,2,4-5H2/t9-,10+/m1/s1. The predicted octanol–water partition coefficient (Wildman–Crippen LogP) is 2.36. The van der Waals surface area contributed by atoms with Crippen LogP contribution in [-0.4, -0.2) is 18.1 Å². The Kier molecular flexibility index (Phi) is 2.26. The first-order valence-corrected chi connectivity index (χ1v) is 5.73. The van der Waals surface area contributed by atoms with Crippen molar-refractivity contribution >= 4 is 17.2 Å². The Hall–Kier alpha value is -0.860. The third kappa shape index (κ3) is 1.68. The van der Waals surface area contributed by atoms with Crippen LogP contribution in [0.3, 0.4) is 0 Å². The lowest BCUT2D eigenvalue weighted by Crippen LogP contribution is -2.09. The van der Waals surface area contributed by atoms with Crippen molar-refractivity contribution in [3.8, 4) is 0 Å². The number of nitrogens with zero attached hydrogens (tertiary/aromatic N) is 1. The summed E-state index contributed by atoms with van der Waals surface area (Å²) in [6.07, 6.45) is 7.15.